The van der Waals surface area contributed by atoms with Crippen LogP contribution in [0.4, 0.5) is 5.13 Å². The topological polar surface area (TPSA) is 54.0 Å². The van der Waals surface area contributed by atoms with Crippen LogP contribution in [0.15, 0.2) is 6.20 Å². The first-order valence-electron chi connectivity index (χ1n) is 4.86. The van der Waals surface area contributed by atoms with Gasteiger partial charge in [0.1, 0.15) is 0 Å². The molecule has 2 rings (SSSR count). The van der Waals surface area contributed by atoms with Gasteiger partial charge in [0.25, 0.3) is 0 Å². The van der Waals surface area contributed by atoms with E-state index in [0.717, 1.165) is 18.1 Å². The van der Waals surface area contributed by atoms with Crippen molar-refractivity contribution in [1.29, 1.82) is 0 Å². The second kappa shape index (κ2) is 4.96. The fourth-order valence-electron chi connectivity index (χ4n) is 1.28. The lowest BCUT2D eigenvalue weighted by Crippen LogP contribution is -2.37. The summed E-state index contributed by atoms with van der Waals surface area (Å²) in [7, 11) is 0. The van der Waals surface area contributed by atoms with Crippen molar-refractivity contribution in [2.24, 2.45) is 0 Å². The minimum Gasteiger partial charge on any atom is -0.301 e. The highest BCUT2D eigenvalue weighted by atomic mass is 32.2. The molecule has 0 aromatic carbocycles. The molecule has 1 amide bonds. The smallest absolute Gasteiger partial charge is 0.244 e. The number of hydrogen-bond donors (Lipinski definition) is 2. The Morgan fingerprint density at radius 2 is 2.67 bits per heavy atom. The fraction of sp³-hybridized carbons (Fsp3) is 0.556. The van der Waals surface area contributed by atoms with Gasteiger partial charge in [0.2, 0.25) is 5.91 Å². The summed E-state index contributed by atoms with van der Waals surface area (Å²) in [6.45, 7) is 2.08. The molecule has 1 aliphatic rings. The van der Waals surface area contributed by atoms with Gasteiger partial charge in [-0.3, -0.25) is 10.1 Å². The number of hydrogen-bond acceptors (Lipinski definition) is 5. The van der Waals surface area contributed by atoms with E-state index in [9.17, 15) is 4.79 Å². The molecule has 6 heteroatoms. The molecule has 1 fully saturated rings. The number of amides is 1. The van der Waals surface area contributed by atoms with Gasteiger partial charge in [-0.05, 0) is 6.42 Å². The van der Waals surface area contributed by atoms with Crippen LogP contribution in [0, 0.1) is 0 Å². The molecule has 82 valence electrons. The lowest BCUT2D eigenvalue weighted by molar-refractivity contribution is -0.117. The molecule has 15 heavy (non-hydrogen) atoms. The highest BCUT2D eigenvalue weighted by Gasteiger charge is 2.22. The van der Waals surface area contributed by atoms with Crippen molar-refractivity contribution in [2.75, 3.05) is 16.9 Å². The predicted octanol–water partition coefficient (Wildman–Crippen LogP) is 1.31. The van der Waals surface area contributed by atoms with E-state index in [-0.39, 0.29) is 11.9 Å². The first-order valence-corrected chi connectivity index (χ1v) is 6.83. The molecule has 1 atom stereocenters. The van der Waals surface area contributed by atoms with Gasteiger partial charge in [-0.2, -0.15) is 0 Å². The minimum atomic E-state index is -0.0658. The van der Waals surface area contributed by atoms with Crippen molar-refractivity contribution in [2.45, 2.75) is 19.4 Å². The van der Waals surface area contributed by atoms with E-state index in [1.54, 1.807) is 23.1 Å². The second-order valence-electron chi connectivity index (χ2n) is 3.25. The summed E-state index contributed by atoms with van der Waals surface area (Å²) >= 11 is 3.28. The van der Waals surface area contributed by atoms with Crippen molar-refractivity contribution >= 4 is 34.1 Å². The molecule has 0 bridgehead atoms. The molecule has 0 aliphatic carbocycles. The number of carbonyl (C=O) groups is 1. The lowest BCUT2D eigenvalue weighted by atomic mass is 10.3. The number of aromatic nitrogens is 1. The van der Waals surface area contributed by atoms with E-state index in [4.69, 9.17) is 0 Å². The monoisotopic (exact) mass is 243 g/mol. The second-order valence-corrected chi connectivity index (χ2v) is 5.39. The van der Waals surface area contributed by atoms with Gasteiger partial charge in [-0.15, -0.1) is 23.1 Å². The van der Waals surface area contributed by atoms with Crippen LogP contribution in [-0.2, 0) is 11.2 Å². The third-order valence-electron chi connectivity index (χ3n) is 2.16. The van der Waals surface area contributed by atoms with E-state index in [2.05, 4.69) is 22.5 Å². The molecule has 0 spiro atoms. The molecule has 0 saturated carbocycles. The zero-order chi connectivity index (χ0) is 10.7. The van der Waals surface area contributed by atoms with Crippen LogP contribution in [0.25, 0.3) is 0 Å². The van der Waals surface area contributed by atoms with Gasteiger partial charge in [0.05, 0.1) is 6.04 Å². The summed E-state index contributed by atoms with van der Waals surface area (Å²) < 4.78 is 0. The third kappa shape index (κ3) is 2.70. The summed E-state index contributed by atoms with van der Waals surface area (Å²) in [4.78, 5) is 17.0. The van der Waals surface area contributed by atoms with Gasteiger partial charge in [-0.1, -0.05) is 6.92 Å². The maximum atomic E-state index is 11.7. The fourth-order valence-corrected chi connectivity index (χ4v) is 2.98. The summed E-state index contributed by atoms with van der Waals surface area (Å²) in [5, 5.41) is 6.66. The summed E-state index contributed by atoms with van der Waals surface area (Å²) in [6.07, 6.45) is 2.78. The van der Waals surface area contributed by atoms with E-state index >= 15 is 0 Å². The largest absolute Gasteiger partial charge is 0.301 e. The van der Waals surface area contributed by atoms with Crippen LogP contribution >= 0.6 is 23.1 Å². The molecule has 4 nitrogen and oxygen atoms in total. The average Bonchev–Trinajstić information content (AvgIpc) is 2.87. The van der Waals surface area contributed by atoms with Crippen molar-refractivity contribution in [3.8, 4) is 0 Å². The van der Waals surface area contributed by atoms with Gasteiger partial charge in [0.15, 0.2) is 5.13 Å². The first kappa shape index (κ1) is 10.9. The van der Waals surface area contributed by atoms with Gasteiger partial charge in [-0.25, -0.2) is 4.98 Å². The summed E-state index contributed by atoms with van der Waals surface area (Å²) in [5.41, 5.74) is 0. The molecule has 1 aromatic heterocycles. The molecule has 0 radical (unpaired) electrons. The highest BCUT2D eigenvalue weighted by Crippen LogP contribution is 2.19. The lowest BCUT2D eigenvalue weighted by Gasteiger charge is -2.07. The number of thioether (sulfide) groups is 1. The highest BCUT2D eigenvalue weighted by molar-refractivity contribution is 7.99. The Balaban J connectivity index is 1.92. The molecule has 1 aromatic rings. The maximum absolute atomic E-state index is 11.7. The Morgan fingerprint density at radius 3 is 3.27 bits per heavy atom. The Kier molecular flexibility index (Phi) is 3.61. The molecule has 2 N–H and O–H groups in total. The van der Waals surface area contributed by atoms with Crippen molar-refractivity contribution < 1.29 is 4.79 Å². The molecule has 1 saturated heterocycles. The molecule has 1 aliphatic heterocycles. The van der Waals surface area contributed by atoms with E-state index in [1.165, 1.54) is 4.88 Å². The maximum Gasteiger partial charge on any atom is 0.244 e. The van der Waals surface area contributed by atoms with Crippen molar-refractivity contribution in [3.05, 3.63) is 11.1 Å². The van der Waals surface area contributed by atoms with Crippen LogP contribution in [0.3, 0.4) is 0 Å². The first-order chi connectivity index (χ1) is 7.29. The van der Waals surface area contributed by atoms with E-state index < -0.39 is 0 Å². The Hall–Kier alpha value is -0.590. The minimum absolute atomic E-state index is 0.0250. The number of carbonyl (C=O) groups excluding carboxylic acids is 1. The van der Waals surface area contributed by atoms with Crippen LogP contribution < -0.4 is 10.6 Å². The zero-order valence-corrected chi connectivity index (χ0v) is 10.1. The quantitative estimate of drug-likeness (QED) is 0.840. The van der Waals surface area contributed by atoms with E-state index in [0.29, 0.717) is 5.13 Å². The predicted molar refractivity (Wildman–Crippen MR) is 64.4 cm³/mol. The zero-order valence-electron chi connectivity index (χ0n) is 8.45. The standard InChI is InChI=1S/C9H13N3OS2/c1-2-6-3-10-9(15-6)12-8(13)7-4-14-5-11-7/h3,7,11H,2,4-5H2,1H3,(H,10,12,13)/t7-/m1/s1. The molecule has 2 heterocycles. The van der Waals surface area contributed by atoms with Gasteiger partial charge in [0, 0.05) is 22.7 Å². The number of aryl methyl sites for hydroxylation is 1. The molecular formula is C9H13N3OS2. The van der Waals surface area contributed by atoms with Gasteiger partial charge >= 0.3 is 0 Å². The number of anilines is 1. The Bertz CT molecular complexity index is 347. The van der Waals surface area contributed by atoms with Crippen molar-refractivity contribution in [1.82, 2.24) is 10.3 Å². The van der Waals surface area contributed by atoms with Crippen LogP contribution in [-0.4, -0.2) is 28.6 Å². The average molecular weight is 243 g/mol. The molecule has 0 unspecified atom stereocenters. The Labute approximate surface area is 96.9 Å². The van der Waals surface area contributed by atoms with Crippen LogP contribution in [0.5, 0.6) is 0 Å². The summed E-state index contributed by atoms with van der Waals surface area (Å²) in [6, 6.07) is -0.0658. The Morgan fingerprint density at radius 1 is 1.80 bits per heavy atom. The van der Waals surface area contributed by atoms with Crippen molar-refractivity contribution in [3.63, 3.8) is 0 Å². The SMILES string of the molecule is CCc1cnc(NC(=O)[C@H]2CSCN2)s1. The number of rotatable bonds is 3. The normalized spacial score (nSPS) is 20.5. The number of thiazole rings is 1. The van der Waals surface area contributed by atoms with Gasteiger partial charge < -0.3 is 5.32 Å². The number of nitrogens with zero attached hydrogens (tertiary/aromatic N) is 1. The number of nitrogens with one attached hydrogen (secondary N) is 2. The summed E-state index contributed by atoms with van der Waals surface area (Å²) in [5.74, 6) is 1.73. The van der Waals surface area contributed by atoms with Crippen LogP contribution in [0.1, 0.15) is 11.8 Å². The van der Waals surface area contributed by atoms with E-state index in [1.807, 2.05) is 6.20 Å². The van der Waals surface area contributed by atoms with Crippen LogP contribution in [0.2, 0.25) is 0 Å². The third-order valence-corrected chi connectivity index (χ3v) is 4.16. The molecular weight excluding hydrogens is 230 g/mol.